The molecule has 0 spiro atoms. The summed E-state index contributed by atoms with van der Waals surface area (Å²) in [5.41, 5.74) is 3.80. The number of para-hydroxylation sites is 1. The second-order valence-electron chi connectivity index (χ2n) is 11.1. The fraction of sp³-hybridized carbons (Fsp3) is 0.333. The SMILES string of the molecule is Cc1ccccc1-n1c(=O)c2c3c(sc2n2c(SCC(=O)c4ccccc4)nnc12)CC(C(C)(C)C)CC3. The van der Waals surface area contributed by atoms with Crippen molar-refractivity contribution >= 4 is 44.9 Å². The lowest BCUT2D eigenvalue weighted by molar-refractivity contribution is 0.102. The lowest BCUT2D eigenvalue weighted by Gasteiger charge is -2.33. The van der Waals surface area contributed by atoms with Gasteiger partial charge in [-0.25, -0.2) is 8.97 Å². The quantitative estimate of drug-likeness (QED) is 0.187. The fourth-order valence-electron chi connectivity index (χ4n) is 5.44. The van der Waals surface area contributed by atoms with Crippen molar-refractivity contribution in [1.29, 1.82) is 0 Å². The van der Waals surface area contributed by atoms with Crippen molar-refractivity contribution in [2.75, 3.05) is 5.75 Å². The normalized spacial score (nSPS) is 15.7. The van der Waals surface area contributed by atoms with Crippen LogP contribution < -0.4 is 5.56 Å². The highest BCUT2D eigenvalue weighted by Gasteiger charge is 2.33. The number of Topliss-reactive ketones (excluding diaryl/α,β-unsaturated/α-hetero) is 1. The Morgan fingerprint density at radius 1 is 1.08 bits per heavy atom. The summed E-state index contributed by atoms with van der Waals surface area (Å²) in [5, 5.41) is 10.4. The molecule has 1 unspecified atom stereocenters. The van der Waals surface area contributed by atoms with E-state index >= 15 is 0 Å². The van der Waals surface area contributed by atoms with Crippen LogP contribution in [0.25, 0.3) is 21.7 Å². The van der Waals surface area contributed by atoms with E-state index in [0.717, 1.165) is 40.7 Å². The molecule has 6 rings (SSSR count). The van der Waals surface area contributed by atoms with Gasteiger partial charge in [0.25, 0.3) is 5.56 Å². The lowest BCUT2D eigenvalue weighted by atomic mass is 9.72. The number of nitrogens with zero attached hydrogens (tertiary/aromatic N) is 4. The van der Waals surface area contributed by atoms with Gasteiger partial charge in [0, 0.05) is 10.4 Å². The number of carbonyl (C=O) groups excluding carboxylic acids is 1. The second-order valence-corrected chi connectivity index (χ2v) is 13.1. The number of hydrogen-bond acceptors (Lipinski definition) is 6. The van der Waals surface area contributed by atoms with Gasteiger partial charge in [-0.15, -0.1) is 21.5 Å². The van der Waals surface area contributed by atoms with E-state index in [1.54, 1.807) is 15.9 Å². The van der Waals surface area contributed by atoms with E-state index < -0.39 is 0 Å². The van der Waals surface area contributed by atoms with E-state index in [1.165, 1.54) is 22.2 Å². The Kier molecular flexibility index (Phi) is 6.27. The monoisotopic (exact) mass is 542 g/mol. The first-order chi connectivity index (χ1) is 18.2. The second kappa shape index (κ2) is 9.50. The van der Waals surface area contributed by atoms with Crippen LogP contribution >= 0.6 is 23.1 Å². The van der Waals surface area contributed by atoms with Crippen molar-refractivity contribution in [1.82, 2.24) is 19.2 Å². The van der Waals surface area contributed by atoms with Crippen LogP contribution in [0.5, 0.6) is 0 Å². The number of aromatic nitrogens is 4. The molecule has 8 heteroatoms. The van der Waals surface area contributed by atoms with Crippen LogP contribution in [0.2, 0.25) is 0 Å². The minimum Gasteiger partial charge on any atom is -0.293 e. The zero-order chi connectivity index (χ0) is 26.6. The Hall–Kier alpha value is -3.23. The molecular weight excluding hydrogens is 512 g/mol. The van der Waals surface area contributed by atoms with Gasteiger partial charge in [-0.1, -0.05) is 81.1 Å². The molecular formula is C30H30N4O2S2. The number of hydrogen-bond donors (Lipinski definition) is 0. The Bertz CT molecular complexity index is 1740. The highest BCUT2D eigenvalue weighted by molar-refractivity contribution is 7.99. The standard InChI is InChI=1S/C30H30N4O2S2/c1-18-10-8-9-13-22(18)33-26(36)25-21-15-14-20(30(2,3)4)16-24(21)38-27(25)34-28(33)31-32-29(34)37-17-23(35)19-11-6-5-7-12-19/h5-13,20H,14-17H2,1-4H3. The van der Waals surface area contributed by atoms with Crippen molar-refractivity contribution in [3.05, 3.63) is 86.5 Å². The summed E-state index contributed by atoms with van der Waals surface area (Å²) in [6, 6.07) is 17.2. The van der Waals surface area contributed by atoms with E-state index in [0.29, 0.717) is 22.4 Å². The smallest absolute Gasteiger partial charge is 0.268 e. The predicted octanol–water partition coefficient (Wildman–Crippen LogP) is 6.53. The number of rotatable bonds is 5. The Labute approximate surface area is 229 Å². The van der Waals surface area contributed by atoms with E-state index in [-0.39, 0.29) is 22.5 Å². The molecule has 6 nitrogen and oxygen atoms in total. The molecule has 0 fully saturated rings. The maximum Gasteiger partial charge on any atom is 0.268 e. The van der Waals surface area contributed by atoms with Crippen LogP contribution in [0.3, 0.4) is 0 Å². The molecule has 0 saturated carbocycles. The number of carbonyl (C=O) groups is 1. The Morgan fingerprint density at radius 3 is 2.55 bits per heavy atom. The Balaban J connectivity index is 1.55. The molecule has 0 radical (unpaired) electrons. The van der Waals surface area contributed by atoms with Crippen molar-refractivity contribution in [2.45, 2.75) is 52.1 Å². The van der Waals surface area contributed by atoms with Gasteiger partial charge < -0.3 is 0 Å². The molecule has 1 atom stereocenters. The summed E-state index contributed by atoms with van der Waals surface area (Å²) in [6.45, 7) is 8.91. The van der Waals surface area contributed by atoms with Gasteiger partial charge in [-0.05, 0) is 54.7 Å². The number of aryl methyl sites for hydroxylation is 2. The van der Waals surface area contributed by atoms with E-state index in [1.807, 2.05) is 65.9 Å². The van der Waals surface area contributed by atoms with Gasteiger partial charge in [-0.3, -0.25) is 9.59 Å². The molecule has 3 aromatic heterocycles. The Morgan fingerprint density at radius 2 is 1.82 bits per heavy atom. The molecule has 1 aliphatic rings. The predicted molar refractivity (Wildman–Crippen MR) is 155 cm³/mol. The number of thioether (sulfide) groups is 1. The number of benzene rings is 2. The molecule has 0 saturated heterocycles. The summed E-state index contributed by atoms with van der Waals surface area (Å²) >= 11 is 3.06. The molecule has 3 heterocycles. The van der Waals surface area contributed by atoms with Gasteiger partial charge in [0.2, 0.25) is 5.78 Å². The van der Waals surface area contributed by atoms with Gasteiger partial charge in [0.1, 0.15) is 4.83 Å². The molecule has 1 aliphatic carbocycles. The third kappa shape index (κ3) is 4.20. The molecule has 0 bridgehead atoms. The summed E-state index contributed by atoms with van der Waals surface area (Å²) in [5.74, 6) is 1.33. The topological polar surface area (TPSA) is 69.3 Å². The minimum absolute atomic E-state index is 0.0364. The van der Waals surface area contributed by atoms with Crippen LogP contribution in [-0.2, 0) is 12.8 Å². The average molecular weight is 543 g/mol. The van der Waals surface area contributed by atoms with Gasteiger partial charge >= 0.3 is 0 Å². The molecule has 194 valence electrons. The fourth-order valence-corrected chi connectivity index (χ4v) is 7.74. The number of ketones is 1. The molecule has 5 aromatic rings. The van der Waals surface area contributed by atoms with E-state index in [9.17, 15) is 9.59 Å². The lowest BCUT2D eigenvalue weighted by Crippen LogP contribution is -2.27. The van der Waals surface area contributed by atoms with E-state index in [4.69, 9.17) is 0 Å². The highest BCUT2D eigenvalue weighted by Crippen LogP contribution is 2.43. The summed E-state index contributed by atoms with van der Waals surface area (Å²) in [4.78, 5) is 29.3. The number of fused-ring (bicyclic) bond motifs is 5. The molecule has 0 N–H and O–H groups in total. The van der Waals surface area contributed by atoms with Crippen molar-refractivity contribution < 1.29 is 4.79 Å². The maximum absolute atomic E-state index is 14.2. The summed E-state index contributed by atoms with van der Waals surface area (Å²) in [6.07, 6.45) is 2.93. The minimum atomic E-state index is -0.0437. The van der Waals surface area contributed by atoms with Crippen LogP contribution in [0.15, 0.2) is 64.5 Å². The van der Waals surface area contributed by atoms with Crippen molar-refractivity contribution in [3.63, 3.8) is 0 Å². The molecule has 0 aliphatic heterocycles. The first-order valence-electron chi connectivity index (χ1n) is 13.0. The third-order valence-electron chi connectivity index (χ3n) is 7.69. The zero-order valence-electron chi connectivity index (χ0n) is 22.0. The number of thiophene rings is 1. The largest absolute Gasteiger partial charge is 0.293 e. The van der Waals surface area contributed by atoms with Gasteiger partial charge in [0.05, 0.1) is 16.8 Å². The third-order valence-corrected chi connectivity index (χ3v) is 9.86. The van der Waals surface area contributed by atoms with Gasteiger partial charge in [0.15, 0.2) is 10.9 Å². The van der Waals surface area contributed by atoms with Crippen molar-refractivity contribution in [2.24, 2.45) is 11.3 Å². The first kappa shape index (κ1) is 25.1. The van der Waals surface area contributed by atoms with Crippen molar-refractivity contribution in [3.8, 4) is 5.69 Å². The highest BCUT2D eigenvalue weighted by atomic mass is 32.2. The summed E-state index contributed by atoms with van der Waals surface area (Å²) < 4.78 is 3.71. The van der Waals surface area contributed by atoms with Gasteiger partial charge in [-0.2, -0.15) is 0 Å². The van der Waals surface area contributed by atoms with Crippen LogP contribution in [0.4, 0.5) is 0 Å². The van der Waals surface area contributed by atoms with E-state index in [2.05, 4.69) is 31.0 Å². The maximum atomic E-state index is 14.2. The van der Waals surface area contributed by atoms with Crippen LogP contribution in [-0.4, -0.2) is 30.7 Å². The average Bonchev–Trinajstić information content (AvgIpc) is 3.49. The molecule has 0 amide bonds. The molecule has 38 heavy (non-hydrogen) atoms. The first-order valence-corrected chi connectivity index (χ1v) is 14.8. The zero-order valence-corrected chi connectivity index (χ0v) is 23.7. The van der Waals surface area contributed by atoms with Crippen LogP contribution in [0.1, 0.15) is 53.6 Å². The summed E-state index contributed by atoms with van der Waals surface area (Å²) in [7, 11) is 0. The van der Waals surface area contributed by atoms with Crippen LogP contribution in [0, 0.1) is 18.3 Å². The molecule has 2 aromatic carbocycles.